The molecule has 9 heteroatoms. The van der Waals surface area contributed by atoms with Gasteiger partial charge in [0.05, 0.1) is 0 Å². The Morgan fingerprint density at radius 3 is 2.57 bits per heavy atom. The Hall–Kier alpha value is -3.36. The molecule has 1 aromatic carbocycles. The number of hydrogen-bond donors (Lipinski definition) is 2. The molecule has 1 aliphatic carbocycles. The Bertz CT molecular complexity index is 1110. The minimum Gasteiger partial charge on any atom is -0.478 e. The Morgan fingerprint density at radius 1 is 1.22 bits per heavy atom. The molecular weight excluding hydrogens is 483 g/mol. The van der Waals surface area contributed by atoms with Crippen molar-refractivity contribution in [3.8, 4) is 5.75 Å². The molecule has 0 heterocycles. The molecule has 0 fully saturated rings. The summed E-state index contributed by atoms with van der Waals surface area (Å²) in [6, 6.07) is 5.66. The number of halogens is 3. The molecule has 0 spiro atoms. The zero-order valence-electron chi connectivity index (χ0n) is 21.9. The first-order chi connectivity index (χ1) is 17.3. The zero-order valence-corrected chi connectivity index (χ0v) is 21.9. The molecule has 0 saturated heterocycles. The number of amidine groups is 2. The van der Waals surface area contributed by atoms with E-state index in [0.29, 0.717) is 30.1 Å². The van der Waals surface area contributed by atoms with Crippen molar-refractivity contribution >= 4 is 17.6 Å². The highest BCUT2D eigenvalue weighted by molar-refractivity contribution is 6.06. The van der Waals surface area contributed by atoms with E-state index in [1.807, 2.05) is 26.0 Å². The molecule has 3 N–H and O–H groups in total. The van der Waals surface area contributed by atoms with E-state index in [1.165, 1.54) is 26.0 Å². The van der Waals surface area contributed by atoms with E-state index in [9.17, 15) is 23.1 Å². The number of carboxylic acid groups (broad SMARTS) is 1. The van der Waals surface area contributed by atoms with Crippen LogP contribution in [0.1, 0.15) is 64.0 Å². The quantitative estimate of drug-likeness (QED) is 0.210. The number of aryl methyl sites for hydroxylation is 2. The maximum atomic E-state index is 13.0. The summed E-state index contributed by atoms with van der Waals surface area (Å²) in [5.41, 5.74) is 6.81. The van der Waals surface area contributed by atoms with Crippen LogP contribution in [-0.4, -0.2) is 41.1 Å². The summed E-state index contributed by atoms with van der Waals surface area (Å²) in [6.07, 6.45) is 4.34. The van der Waals surface area contributed by atoms with Crippen LogP contribution in [0.3, 0.4) is 0 Å². The summed E-state index contributed by atoms with van der Waals surface area (Å²) in [6.45, 7) is 7.50. The molecule has 202 valence electrons. The van der Waals surface area contributed by atoms with E-state index in [1.54, 1.807) is 18.2 Å². The Balaban J connectivity index is 2.07. The molecule has 0 atom stereocenters. The van der Waals surface area contributed by atoms with Gasteiger partial charge in [-0.2, -0.15) is 13.2 Å². The lowest BCUT2D eigenvalue weighted by atomic mass is 10.0. The highest BCUT2D eigenvalue weighted by Gasteiger charge is 2.32. The summed E-state index contributed by atoms with van der Waals surface area (Å²) in [7, 11) is 0. The number of benzene rings is 1. The normalized spacial score (nSPS) is 18.4. The number of alkyl halides is 3. The van der Waals surface area contributed by atoms with Gasteiger partial charge in [-0.05, 0) is 70.1 Å². The van der Waals surface area contributed by atoms with Gasteiger partial charge in [0.15, 0.2) is 5.60 Å². The van der Waals surface area contributed by atoms with Gasteiger partial charge in [-0.25, -0.2) is 9.79 Å². The van der Waals surface area contributed by atoms with Gasteiger partial charge in [-0.1, -0.05) is 43.4 Å². The molecule has 1 aromatic rings. The average molecular weight is 520 g/mol. The van der Waals surface area contributed by atoms with E-state index >= 15 is 0 Å². The standard InChI is InChI=1S/C28H36F3N3O3/c1-5-17-33-24(34-25(32)21-10-7-12-22(13-8-11-21)28(29,30)31)14-6-9-20-15-16-23(19(2)18-20)37-27(3,4)26(35)36/h7,10-11,13,15-16,18H,5-6,8-9,12,14,17H2,1-4H3,(H,35,36)(H2,32,33,34)/b10-7?,21-11+,22-13+. The predicted octanol–water partition coefficient (Wildman–Crippen LogP) is 6.49. The molecule has 0 bridgehead atoms. The third-order valence-electron chi connectivity index (χ3n) is 5.75. The first kappa shape index (κ1) is 29.9. The number of nitrogens with two attached hydrogens (primary N) is 1. The lowest BCUT2D eigenvalue weighted by Gasteiger charge is -2.23. The minimum atomic E-state index is -4.34. The number of nitrogens with zero attached hydrogens (tertiary/aromatic N) is 2. The topological polar surface area (TPSA) is 97.3 Å². The van der Waals surface area contributed by atoms with Crippen molar-refractivity contribution in [2.45, 2.75) is 78.0 Å². The molecule has 0 unspecified atom stereocenters. The molecule has 37 heavy (non-hydrogen) atoms. The molecular formula is C28H36F3N3O3. The molecule has 0 radical (unpaired) electrons. The lowest BCUT2D eigenvalue weighted by Crippen LogP contribution is -2.38. The van der Waals surface area contributed by atoms with Crippen LogP contribution < -0.4 is 10.5 Å². The van der Waals surface area contributed by atoms with Crippen LogP contribution in [0.15, 0.2) is 63.6 Å². The van der Waals surface area contributed by atoms with Gasteiger partial charge in [0.2, 0.25) is 0 Å². The van der Waals surface area contributed by atoms with Crippen LogP contribution in [0.4, 0.5) is 13.2 Å². The Morgan fingerprint density at radius 2 is 1.95 bits per heavy atom. The molecule has 2 rings (SSSR count). The molecule has 6 nitrogen and oxygen atoms in total. The summed E-state index contributed by atoms with van der Waals surface area (Å²) in [5.74, 6) is 0.315. The van der Waals surface area contributed by atoms with Gasteiger partial charge in [-0.15, -0.1) is 0 Å². The molecule has 0 aliphatic heterocycles. The fraction of sp³-hybridized carbons (Fsp3) is 0.464. The summed E-state index contributed by atoms with van der Waals surface area (Å²) in [4.78, 5) is 20.4. The van der Waals surface area contributed by atoms with Gasteiger partial charge in [0.1, 0.15) is 17.4 Å². The summed E-state index contributed by atoms with van der Waals surface area (Å²) in [5, 5.41) is 9.28. The van der Waals surface area contributed by atoms with Crippen LogP contribution in [0, 0.1) is 6.92 Å². The van der Waals surface area contributed by atoms with Gasteiger partial charge >= 0.3 is 12.1 Å². The Labute approximate surface area is 216 Å². The molecule has 1 aliphatic rings. The number of aliphatic imine (C=N–C) groups is 2. The van der Waals surface area contributed by atoms with Crippen molar-refractivity contribution < 1.29 is 27.8 Å². The zero-order chi connectivity index (χ0) is 27.6. The van der Waals surface area contributed by atoms with Crippen molar-refractivity contribution in [2.24, 2.45) is 15.7 Å². The molecule has 0 aromatic heterocycles. The first-order valence-electron chi connectivity index (χ1n) is 12.4. The van der Waals surface area contributed by atoms with Crippen LogP contribution in [0.2, 0.25) is 0 Å². The van der Waals surface area contributed by atoms with Crippen molar-refractivity contribution in [2.75, 3.05) is 6.54 Å². The van der Waals surface area contributed by atoms with Crippen molar-refractivity contribution in [1.82, 2.24) is 0 Å². The van der Waals surface area contributed by atoms with Crippen LogP contribution in [0.25, 0.3) is 0 Å². The van der Waals surface area contributed by atoms with Gasteiger partial charge in [0.25, 0.3) is 0 Å². The van der Waals surface area contributed by atoms with E-state index in [0.717, 1.165) is 30.4 Å². The second-order valence-electron chi connectivity index (χ2n) is 9.39. The van der Waals surface area contributed by atoms with Crippen LogP contribution in [-0.2, 0) is 11.2 Å². The largest absolute Gasteiger partial charge is 0.478 e. The SMILES string of the molecule is CCCN=C(CCCc1ccc(OC(C)(C)C(=O)O)c(C)c1)N=C(N)/C1=C/C/C=C(/C(F)(F)F)CC=C1. The van der Waals surface area contributed by atoms with Crippen LogP contribution >= 0.6 is 0 Å². The Kier molecular flexibility index (Phi) is 10.7. The smallest absolute Gasteiger partial charge is 0.412 e. The third-order valence-corrected chi connectivity index (χ3v) is 5.75. The average Bonchev–Trinajstić information content (AvgIpc) is 2.77. The number of hydrogen-bond acceptors (Lipinski definition) is 3. The van der Waals surface area contributed by atoms with E-state index < -0.39 is 23.3 Å². The van der Waals surface area contributed by atoms with E-state index in [2.05, 4.69) is 9.98 Å². The third kappa shape index (κ3) is 9.55. The monoisotopic (exact) mass is 519 g/mol. The number of rotatable bonds is 10. The van der Waals surface area contributed by atoms with Gasteiger partial charge in [0, 0.05) is 24.1 Å². The number of carboxylic acids is 1. The predicted molar refractivity (Wildman–Crippen MR) is 141 cm³/mol. The van der Waals surface area contributed by atoms with Gasteiger partial charge in [-0.3, -0.25) is 4.99 Å². The van der Waals surface area contributed by atoms with Crippen molar-refractivity contribution in [1.29, 1.82) is 0 Å². The number of ether oxygens (including phenoxy) is 1. The van der Waals surface area contributed by atoms with Crippen molar-refractivity contribution in [3.05, 3.63) is 64.8 Å². The minimum absolute atomic E-state index is 0.120. The molecule has 0 saturated carbocycles. The summed E-state index contributed by atoms with van der Waals surface area (Å²) < 4.78 is 44.5. The maximum Gasteiger partial charge on any atom is 0.412 e. The van der Waals surface area contributed by atoms with Gasteiger partial charge < -0.3 is 15.6 Å². The van der Waals surface area contributed by atoms with E-state index in [4.69, 9.17) is 10.5 Å². The number of carbonyl (C=O) groups is 1. The summed E-state index contributed by atoms with van der Waals surface area (Å²) >= 11 is 0. The highest BCUT2D eigenvalue weighted by Crippen LogP contribution is 2.30. The van der Waals surface area contributed by atoms with Crippen molar-refractivity contribution in [3.63, 3.8) is 0 Å². The first-order valence-corrected chi connectivity index (χ1v) is 12.4. The second-order valence-corrected chi connectivity index (χ2v) is 9.39. The maximum absolute atomic E-state index is 13.0. The fourth-order valence-electron chi connectivity index (χ4n) is 3.58. The number of allylic oxidation sites excluding steroid dienone is 4. The second kappa shape index (κ2) is 13.3. The fourth-order valence-corrected chi connectivity index (χ4v) is 3.58. The van der Waals surface area contributed by atoms with Crippen LogP contribution in [0.5, 0.6) is 5.75 Å². The van der Waals surface area contributed by atoms with E-state index in [-0.39, 0.29) is 18.7 Å². The lowest BCUT2D eigenvalue weighted by molar-refractivity contribution is -0.152. The molecule has 0 amide bonds. The number of aliphatic carboxylic acids is 1. The highest BCUT2D eigenvalue weighted by atomic mass is 19.4.